The first kappa shape index (κ1) is 14.9. The minimum Gasteiger partial charge on any atom is -0.477 e. The fraction of sp³-hybridized carbons (Fsp3) is 0.462. The summed E-state index contributed by atoms with van der Waals surface area (Å²) in [5, 5.41) is 22.8. The van der Waals surface area contributed by atoms with E-state index in [0.717, 1.165) is 0 Å². The first-order chi connectivity index (χ1) is 8.82. The number of rotatable bonds is 6. The molecule has 0 aliphatic carbocycles. The molecular formula is C13H18N2O4. The Kier molecular flexibility index (Phi) is 4.86. The van der Waals surface area contributed by atoms with E-state index in [9.17, 15) is 14.9 Å². The zero-order valence-corrected chi connectivity index (χ0v) is 11.2. The molecule has 0 aromatic heterocycles. The van der Waals surface area contributed by atoms with E-state index in [1.54, 1.807) is 6.07 Å². The molecule has 0 heterocycles. The highest BCUT2D eigenvalue weighted by atomic mass is 16.6. The lowest BCUT2D eigenvalue weighted by atomic mass is 9.98. The van der Waals surface area contributed by atoms with Crippen molar-refractivity contribution in [1.82, 2.24) is 0 Å². The number of benzene rings is 1. The lowest BCUT2D eigenvalue weighted by molar-refractivity contribution is -0.385. The molecular weight excluding hydrogens is 248 g/mol. The molecule has 104 valence electrons. The van der Waals surface area contributed by atoms with Gasteiger partial charge in [0.25, 0.3) is 5.69 Å². The Bertz CT molecular complexity index is 486. The highest BCUT2D eigenvalue weighted by Gasteiger charge is 2.20. The van der Waals surface area contributed by atoms with Gasteiger partial charge >= 0.3 is 5.97 Å². The van der Waals surface area contributed by atoms with Gasteiger partial charge in [-0.25, -0.2) is 4.79 Å². The minimum absolute atomic E-state index is 0.299. The smallest absolute Gasteiger partial charge is 0.342 e. The lowest BCUT2D eigenvalue weighted by Crippen LogP contribution is -2.16. The zero-order chi connectivity index (χ0) is 14.6. The first-order valence-electron chi connectivity index (χ1n) is 6.08. The molecule has 1 unspecified atom stereocenters. The number of aromatic carboxylic acids is 1. The van der Waals surface area contributed by atoms with Crippen molar-refractivity contribution >= 4 is 17.3 Å². The van der Waals surface area contributed by atoms with Crippen molar-refractivity contribution in [2.45, 2.75) is 20.8 Å². The van der Waals surface area contributed by atoms with Gasteiger partial charge in [-0.1, -0.05) is 20.8 Å². The monoisotopic (exact) mass is 266 g/mol. The normalized spacial score (nSPS) is 12.2. The standard InChI is InChI=1S/C13H18N2O4/c1-8(2)9(3)7-14-10-4-5-11(13(16)17)12(6-10)15(18)19/h4-6,8-9,14H,7H2,1-3H3,(H,16,17). The van der Waals surface area contributed by atoms with Crippen molar-refractivity contribution in [3.63, 3.8) is 0 Å². The maximum absolute atomic E-state index is 10.9. The van der Waals surface area contributed by atoms with Crippen molar-refractivity contribution in [2.75, 3.05) is 11.9 Å². The summed E-state index contributed by atoms with van der Waals surface area (Å²) in [5.41, 5.74) is -0.133. The molecule has 1 aromatic rings. The van der Waals surface area contributed by atoms with Gasteiger partial charge in [0.05, 0.1) is 4.92 Å². The van der Waals surface area contributed by atoms with Crippen LogP contribution in [-0.2, 0) is 0 Å². The minimum atomic E-state index is -1.30. The summed E-state index contributed by atoms with van der Waals surface area (Å²) in [6, 6.07) is 4.06. The van der Waals surface area contributed by atoms with Crippen LogP contribution in [0.4, 0.5) is 11.4 Å². The van der Waals surface area contributed by atoms with E-state index in [1.165, 1.54) is 12.1 Å². The number of hydrogen-bond acceptors (Lipinski definition) is 4. The highest BCUT2D eigenvalue weighted by Crippen LogP contribution is 2.23. The molecule has 0 fully saturated rings. The average molecular weight is 266 g/mol. The Hall–Kier alpha value is -2.11. The van der Waals surface area contributed by atoms with Crippen LogP contribution in [0, 0.1) is 22.0 Å². The van der Waals surface area contributed by atoms with Crippen LogP contribution in [-0.4, -0.2) is 22.5 Å². The molecule has 0 saturated heterocycles. The summed E-state index contributed by atoms with van der Waals surface area (Å²) in [5.74, 6) is -0.382. The highest BCUT2D eigenvalue weighted by molar-refractivity contribution is 5.93. The molecule has 1 atom stereocenters. The Balaban J connectivity index is 2.90. The van der Waals surface area contributed by atoms with E-state index in [0.29, 0.717) is 24.1 Å². The maximum Gasteiger partial charge on any atom is 0.342 e. The van der Waals surface area contributed by atoms with Gasteiger partial charge in [0, 0.05) is 18.3 Å². The molecule has 0 radical (unpaired) electrons. The molecule has 19 heavy (non-hydrogen) atoms. The number of nitrogens with zero attached hydrogens (tertiary/aromatic N) is 1. The summed E-state index contributed by atoms with van der Waals surface area (Å²) in [6.45, 7) is 6.96. The molecule has 1 rings (SSSR count). The largest absolute Gasteiger partial charge is 0.477 e. The molecule has 2 N–H and O–H groups in total. The van der Waals surface area contributed by atoms with Gasteiger partial charge in [0.1, 0.15) is 5.56 Å². The number of carboxylic acids is 1. The van der Waals surface area contributed by atoms with Gasteiger partial charge < -0.3 is 10.4 Å². The van der Waals surface area contributed by atoms with Crippen molar-refractivity contribution < 1.29 is 14.8 Å². The fourth-order valence-electron chi connectivity index (χ4n) is 1.49. The Morgan fingerprint density at radius 3 is 2.53 bits per heavy atom. The zero-order valence-electron chi connectivity index (χ0n) is 11.2. The van der Waals surface area contributed by atoms with Crippen LogP contribution in [0.15, 0.2) is 18.2 Å². The van der Waals surface area contributed by atoms with E-state index in [4.69, 9.17) is 5.11 Å². The van der Waals surface area contributed by atoms with Crippen molar-refractivity contribution in [1.29, 1.82) is 0 Å². The first-order valence-corrected chi connectivity index (χ1v) is 6.08. The van der Waals surface area contributed by atoms with Gasteiger partial charge in [-0.15, -0.1) is 0 Å². The second-order valence-electron chi connectivity index (χ2n) is 4.90. The Labute approximate surface area is 111 Å². The molecule has 0 amide bonds. The van der Waals surface area contributed by atoms with E-state index in [2.05, 4.69) is 26.1 Å². The summed E-state index contributed by atoms with van der Waals surface area (Å²) in [7, 11) is 0. The summed E-state index contributed by atoms with van der Waals surface area (Å²) in [6.07, 6.45) is 0. The van der Waals surface area contributed by atoms with E-state index in [-0.39, 0.29) is 5.56 Å². The van der Waals surface area contributed by atoms with Crippen LogP contribution in [0.25, 0.3) is 0 Å². The molecule has 0 aliphatic rings. The fourth-order valence-corrected chi connectivity index (χ4v) is 1.49. The van der Waals surface area contributed by atoms with E-state index < -0.39 is 16.6 Å². The van der Waals surface area contributed by atoms with Crippen LogP contribution < -0.4 is 5.32 Å². The third-order valence-electron chi connectivity index (χ3n) is 3.19. The van der Waals surface area contributed by atoms with E-state index in [1.807, 2.05) is 0 Å². The average Bonchev–Trinajstić information content (AvgIpc) is 2.35. The lowest BCUT2D eigenvalue weighted by Gasteiger charge is -2.16. The van der Waals surface area contributed by atoms with Crippen molar-refractivity contribution in [3.8, 4) is 0 Å². The Morgan fingerprint density at radius 2 is 2.05 bits per heavy atom. The molecule has 6 nitrogen and oxygen atoms in total. The second kappa shape index (κ2) is 6.17. The van der Waals surface area contributed by atoms with Gasteiger partial charge in [-0.05, 0) is 24.0 Å². The van der Waals surface area contributed by atoms with Crippen LogP contribution in [0.1, 0.15) is 31.1 Å². The van der Waals surface area contributed by atoms with Gasteiger partial charge in [-0.3, -0.25) is 10.1 Å². The van der Waals surface area contributed by atoms with Gasteiger partial charge in [-0.2, -0.15) is 0 Å². The number of carboxylic acid groups (broad SMARTS) is 1. The number of nitro groups is 1. The maximum atomic E-state index is 10.9. The quantitative estimate of drug-likeness (QED) is 0.610. The summed E-state index contributed by atoms with van der Waals surface area (Å²) >= 11 is 0. The second-order valence-corrected chi connectivity index (χ2v) is 4.90. The van der Waals surface area contributed by atoms with Crippen molar-refractivity contribution in [3.05, 3.63) is 33.9 Å². The van der Waals surface area contributed by atoms with E-state index >= 15 is 0 Å². The summed E-state index contributed by atoms with van der Waals surface area (Å²) < 4.78 is 0. The molecule has 6 heteroatoms. The number of carbonyl (C=O) groups is 1. The van der Waals surface area contributed by atoms with Gasteiger partial charge in [0.2, 0.25) is 0 Å². The van der Waals surface area contributed by atoms with Crippen LogP contribution in [0.5, 0.6) is 0 Å². The van der Waals surface area contributed by atoms with Crippen LogP contribution in [0.3, 0.4) is 0 Å². The molecule has 0 spiro atoms. The number of nitrogens with one attached hydrogen (secondary N) is 1. The number of anilines is 1. The van der Waals surface area contributed by atoms with Crippen LogP contribution >= 0.6 is 0 Å². The topological polar surface area (TPSA) is 92.5 Å². The third kappa shape index (κ3) is 3.94. The SMILES string of the molecule is CC(C)C(C)CNc1ccc(C(=O)O)c([N+](=O)[O-])c1. The summed E-state index contributed by atoms with van der Waals surface area (Å²) in [4.78, 5) is 21.0. The third-order valence-corrected chi connectivity index (χ3v) is 3.19. The predicted molar refractivity (Wildman–Crippen MR) is 72.5 cm³/mol. The molecule has 1 aromatic carbocycles. The van der Waals surface area contributed by atoms with Crippen LogP contribution in [0.2, 0.25) is 0 Å². The Morgan fingerprint density at radius 1 is 1.42 bits per heavy atom. The molecule has 0 aliphatic heterocycles. The predicted octanol–water partition coefficient (Wildman–Crippen LogP) is 3.00. The van der Waals surface area contributed by atoms with Crippen molar-refractivity contribution in [2.24, 2.45) is 11.8 Å². The number of nitro benzene ring substituents is 1. The van der Waals surface area contributed by atoms with Gasteiger partial charge in [0.15, 0.2) is 0 Å². The molecule has 0 bridgehead atoms. The molecule has 0 saturated carbocycles. The number of hydrogen-bond donors (Lipinski definition) is 2.